The lowest BCUT2D eigenvalue weighted by atomic mass is 10.1. The minimum atomic E-state index is -0.195. The number of carbonyl (C=O) groups excluding carboxylic acids is 1. The van der Waals surface area contributed by atoms with Gasteiger partial charge in [-0.25, -0.2) is 15.0 Å². The molecule has 0 saturated carbocycles. The summed E-state index contributed by atoms with van der Waals surface area (Å²) in [6.45, 7) is 2.69. The molecule has 0 atom stereocenters. The van der Waals surface area contributed by atoms with E-state index in [2.05, 4.69) is 21.9 Å². The molecule has 0 saturated heterocycles. The van der Waals surface area contributed by atoms with Crippen molar-refractivity contribution in [3.8, 4) is 17.1 Å². The van der Waals surface area contributed by atoms with E-state index in [0.29, 0.717) is 30.8 Å². The molecule has 1 aromatic heterocycles. The average molecular weight is 357 g/mol. The van der Waals surface area contributed by atoms with E-state index in [1.807, 2.05) is 6.07 Å². The van der Waals surface area contributed by atoms with Crippen molar-refractivity contribution in [3.63, 3.8) is 0 Å². The Kier molecular flexibility index (Phi) is 8.52. The molecule has 0 bridgehead atoms. The Morgan fingerprint density at radius 3 is 2.54 bits per heavy atom. The molecule has 6 nitrogen and oxygen atoms in total. The van der Waals surface area contributed by atoms with Gasteiger partial charge in [-0.3, -0.25) is 4.79 Å². The fourth-order valence-corrected chi connectivity index (χ4v) is 2.69. The number of nitrogens with zero attached hydrogens (tertiary/aromatic N) is 3. The van der Waals surface area contributed by atoms with Crippen molar-refractivity contribution >= 4 is 5.97 Å². The van der Waals surface area contributed by atoms with Crippen LogP contribution in [0.2, 0.25) is 0 Å². The van der Waals surface area contributed by atoms with Crippen LogP contribution in [-0.2, 0) is 16.0 Å². The van der Waals surface area contributed by atoms with E-state index in [1.54, 1.807) is 12.1 Å². The number of rotatable bonds is 11. The fraction of sp³-hybridized carbons (Fsp3) is 0.500. The molecule has 2 rings (SSSR count). The van der Waals surface area contributed by atoms with Crippen LogP contribution in [0, 0.1) is 0 Å². The van der Waals surface area contributed by atoms with Crippen LogP contribution < -0.4 is 0 Å². The normalized spacial score (nSPS) is 10.7. The number of phenolic OH excluding ortho intramolecular Hbond substituents is 1. The lowest BCUT2D eigenvalue weighted by molar-refractivity contribution is -0.143. The van der Waals surface area contributed by atoms with E-state index in [-0.39, 0.29) is 11.7 Å². The zero-order valence-corrected chi connectivity index (χ0v) is 15.4. The van der Waals surface area contributed by atoms with Crippen molar-refractivity contribution in [2.75, 3.05) is 6.61 Å². The Balaban J connectivity index is 1.70. The van der Waals surface area contributed by atoms with Crippen molar-refractivity contribution in [1.29, 1.82) is 0 Å². The molecule has 1 heterocycles. The monoisotopic (exact) mass is 357 g/mol. The van der Waals surface area contributed by atoms with Crippen molar-refractivity contribution in [1.82, 2.24) is 15.0 Å². The van der Waals surface area contributed by atoms with Crippen molar-refractivity contribution < 1.29 is 14.6 Å². The van der Waals surface area contributed by atoms with Gasteiger partial charge < -0.3 is 9.84 Å². The van der Waals surface area contributed by atoms with Gasteiger partial charge in [-0.05, 0) is 30.5 Å². The van der Waals surface area contributed by atoms with E-state index in [9.17, 15) is 9.90 Å². The summed E-state index contributed by atoms with van der Waals surface area (Å²) in [6, 6.07) is 5.25. The molecule has 0 aliphatic heterocycles. The van der Waals surface area contributed by atoms with E-state index in [1.165, 1.54) is 38.3 Å². The Morgan fingerprint density at radius 1 is 1.08 bits per heavy atom. The SMILES string of the molecule is CCCCCCCCOC(=O)CCc1ccc(-c2ncncn2)c(O)c1. The van der Waals surface area contributed by atoms with E-state index in [0.717, 1.165) is 18.4 Å². The maximum Gasteiger partial charge on any atom is 0.306 e. The molecule has 0 spiro atoms. The predicted octanol–water partition coefficient (Wildman–Crippen LogP) is 4.08. The van der Waals surface area contributed by atoms with Crippen LogP contribution in [0.25, 0.3) is 11.4 Å². The Hall–Kier alpha value is -2.50. The molecule has 140 valence electrons. The lowest BCUT2D eigenvalue weighted by Gasteiger charge is -2.07. The molecular weight excluding hydrogens is 330 g/mol. The number of aromatic hydroxyl groups is 1. The summed E-state index contributed by atoms with van der Waals surface area (Å²) in [6.07, 6.45) is 10.6. The molecule has 0 amide bonds. The second-order valence-corrected chi connectivity index (χ2v) is 6.30. The highest BCUT2D eigenvalue weighted by Crippen LogP contribution is 2.27. The van der Waals surface area contributed by atoms with Gasteiger partial charge in [-0.15, -0.1) is 0 Å². The first-order valence-electron chi connectivity index (χ1n) is 9.30. The minimum Gasteiger partial charge on any atom is -0.507 e. The Bertz CT molecular complexity index is 677. The predicted molar refractivity (Wildman–Crippen MR) is 99.6 cm³/mol. The van der Waals surface area contributed by atoms with Gasteiger partial charge in [-0.1, -0.05) is 45.1 Å². The Morgan fingerprint density at radius 2 is 1.81 bits per heavy atom. The highest BCUT2D eigenvalue weighted by molar-refractivity contribution is 5.70. The molecule has 1 aromatic carbocycles. The average Bonchev–Trinajstić information content (AvgIpc) is 2.66. The molecule has 0 aliphatic rings. The van der Waals surface area contributed by atoms with Gasteiger partial charge >= 0.3 is 5.97 Å². The molecule has 0 fully saturated rings. The molecule has 6 heteroatoms. The van der Waals surface area contributed by atoms with Crippen LogP contribution >= 0.6 is 0 Å². The highest BCUT2D eigenvalue weighted by atomic mass is 16.5. The topological polar surface area (TPSA) is 85.2 Å². The number of hydrogen-bond donors (Lipinski definition) is 1. The molecule has 26 heavy (non-hydrogen) atoms. The second-order valence-electron chi connectivity index (χ2n) is 6.30. The summed E-state index contributed by atoms with van der Waals surface area (Å²) in [5.41, 5.74) is 1.42. The van der Waals surface area contributed by atoms with Crippen molar-refractivity contribution in [2.45, 2.75) is 58.3 Å². The molecule has 0 aliphatic carbocycles. The van der Waals surface area contributed by atoms with Gasteiger partial charge in [0.05, 0.1) is 12.2 Å². The molecule has 2 aromatic rings. The molecule has 0 radical (unpaired) electrons. The van der Waals surface area contributed by atoms with Crippen LogP contribution in [0.5, 0.6) is 5.75 Å². The summed E-state index contributed by atoms with van der Waals surface area (Å²) < 4.78 is 5.27. The van der Waals surface area contributed by atoms with Gasteiger partial charge in [0.15, 0.2) is 5.82 Å². The number of benzene rings is 1. The lowest BCUT2D eigenvalue weighted by Crippen LogP contribution is -2.07. The minimum absolute atomic E-state index is 0.0918. The van der Waals surface area contributed by atoms with Crippen molar-refractivity contribution in [3.05, 3.63) is 36.4 Å². The number of phenols is 1. The molecule has 0 unspecified atom stereocenters. The number of ether oxygens (including phenoxy) is 1. The third-order valence-electron chi connectivity index (χ3n) is 4.18. The largest absolute Gasteiger partial charge is 0.507 e. The Labute approximate surface area is 154 Å². The van der Waals surface area contributed by atoms with Gasteiger partial charge in [-0.2, -0.15) is 0 Å². The van der Waals surface area contributed by atoms with Crippen molar-refractivity contribution in [2.24, 2.45) is 0 Å². The zero-order chi connectivity index (χ0) is 18.6. The quantitative estimate of drug-likeness (QED) is 0.482. The summed E-state index contributed by atoms with van der Waals surface area (Å²) >= 11 is 0. The van der Waals surface area contributed by atoms with E-state index < -0.39 is 0 Å². The van der Waals surface area contributed by atoms with Gasteiger partial charge in [0.2, 0.25) is 0 Å². The van der Waals surface area contributed by atoms with E-state index >= 15 is 0 Å². The molecular formula is C20H27N3O3. The van der Waals surface area contributed by atoms with Gasteiger partial charge in [0.25, 0.3) is 0 Å². The highest BCUT2D eigenvalue weighted by Gasteiger charge is 2.09. The third-order valence-corrected chi connectivity index (χ3v) is 4.18. The van der Waals surface area contributed by atoms with Crippen LogP contribution in [0.15, 0.2) is 30.9 Å². The number of hydrogen-bond acceptors (Lipinski definition) is 6. The smallest absolute Gasteiger partial charge is 0.306 e. The summed E-state index contributed by atoms with van der Waals surface area (Å²) in [4.78, 5) is 23.6. The standard InChI is InChI=1S/C20H27N3O3/c1-2-3-4-5-6-7-12-26-19(25)11-9-16-8-10-17(18(24)13-16)20-22-14-21-15-23-20/h8,10,13-15,24H,2-7,9,11-12H2,1H3. The van der Waals surface area contributed by atoms with Gasteiger partial charge in [0.1, 0.15) is 18.4 Å². The van der Waals surface area contributed by atoms with E-state index in [4.69, 9.17) is 4.74 Å². The number of carbonyl (C=O) groups is 1. The maximum absolute atomic E-state index is 11.8. The zero-order valence-electron chi connectivity index (χ0n) is 15.4. The number of aromatic nitrogens is 3. The number of unbranched alkanes of at least 4 members (excludes halogenated alkanes) is 5. The first-order chi connectivity index (χ1) is 12.7. The third kappa shape index (κ3) is 6.78. The maximum atomic E-state index is 11.8. The van der Waals surface area contributed by atoms with Crippen LogP contribution in [0.4, 0.5) is 0 Å². The fourth-order valence-electron chi connectivity index (χ4n) is 2.69. The summed E-state index contributed by atoms with van der Waals surface area (Å²) in [5.74, 6) is 0.316. The van der Waals surface area contributed by atoms with Crippen LogP contribution in [0.3, 0.4) is 0 Å². The van der Waals surface area contributed by atoms with Gasteiger partial charge in [0, 0.05) is 6.42 Å². The first kappa shape index (κ1) is 19.8. The molecule has 1 N–H and O–H groups in total. The summed E-state index contributed by atoms with van der Waals surface area (Å²) in [5, 5.41) is 10.2. The number of aryl methyl sites for hydroxylation is 1. The first-order valence-corrected chi connectivity index (χ1v) is 9.30. The summed E-state index contributed by atoms with van der Waals surface area (Å²) in [7, 11) is 0. The van der Waals surface area contributed by atoms with Crippen LogP contribution in [-0.4, -0.2) is 32.6 Å². The van der Waals surface area contributed by atoms with Crippen LogP contribution in [0.1, 0.15) is 57.4 Å². The second kappa shape index (κ2) is 11.2. The number of esters is 1.